The van der Waals surface area contributed by atoms with Crippen LogP contribution in [0.15, 0.2) is 84.5 Å². The highest BCUT2D eigenvalue weighted by Crippen LogP contribution is 2.71. The Morgan fingerprint density at radius 3 is 2.01 bits per heavy atom. The molecule has 366 valence electrons. The van der Waals surface area contributed by atoms with Crippen LogP contribution in [0, 0.1) is 16.7 Å². The topological polar surface area (TPSA) is 189 Å². The number of carbonyl (C=O) groups is 2. The molecule has 2 heterocycles. The molecule has 14 heteroatoms. The van der Waals surface area contributed by atoms with E-state index in [2.05, 4.69) is 6.92 Å². The maximum Gasteiger partial charge on any atom is 0.331 e. The molecule has 2 aromatic rings. The van der Waals surface area contributed by atoms with Gasteiger partial charge in [-0.05, 0) is 94.4 Å². The van der Waals surface area contributed by atoms with E-state index in [1.165, 1.54) is 12.2 Å². The predicted molar refractivity (Wildman–Crippen MR) is 247 cm³/mol. The first-order valence-corrected chi connectivity index (χ1v) is 24.0. The highest BCUT2D eigenvalue weighted by molar-refractivity contribution is 5.88. The number of ether oxygens (including phenoxy) is 8. The first-order valence-electron chi connectivity index (χ1n) is 24.0. The molecule has 3 saturated carbocycles. The Kier molecular flexibility index (Phi) is 14.5. The van der Waals surface area contributed by atoms with Crippen molar-refractivity contribution in [3.8, 4) is 0 Å². The molecule has 6 aliphatic rings. The fourth-order valence-corrected chi connectivity index (χ4v) is 12.8. The van der Waals surface area contributed by atoms with Gasteiger partial charge >= 0.3 is 11.9 Å². The SMILES string of the molecule is CO[C@@H]1C[C@H](O[C@H]2[C@@H](C)O[C@@H](O[C@H]3CC[C@@]4(C)C(=CC[C@]5(O)[C@@H]4C[C@@H](OC(=O)C=Cc4ccccc4)[C@@]4(C)[C@]5(O)CC[C@@]4(O)[C@H](C)OC(=O)C=Cc4ccccc4)C3)C[C@H]2OC)O[C@H](C)[C@@H]1O. The summed E-state index contributed by atoms with van der Waals surface area (Å²) < 4.78 is 49.3. The van der Waals surface area contributed by atoms with E-state index in [-0.39, 0.29) is 37.9 Å². The molecule has 2 saturated heterocycles. The fraction of sp³-hybridized carbons (Fsp3) is 0.623. The lowest BCUT2D eigenvalue weighted by atomic mass is 9.42. The molecular formula is C53H70O14. The van der Waals surface area contributed by atoms with Crippen LogP contribution < -0.4 is 0 Å². The molecular weight excluding hydrogens is 861 g/mol. The molecule has 4 N–H and O–H groups in total. The van der Waals surface area contributed by atoms with Crippen LogP contribution in [0.1, 0.15) is 104 Å². The summed E-state index contributed by atoms with van der Waals surface area (Å²) in [6.45, 7) is 9.07. The number of benzene rings is 2. The number of rotatable bonds is 13. The van der Waals surface area contributed by atoms with Gasteiger partial charge in [0.2, 0.25) is 0 Å². The normalized spacial score (nSPS) is 42.3. The van der Waals surface area contributed by atoms with Gasteiger partial charge in [-0.2, -0.15) is 0 Å². The van der Waals surface area contributed by atoms with E-state index in [4.69, 9.17) is 37.9 Å². The minimum atomic E-state index is -1.98. The highest BCUT2D eigenvalue weighted by Gasteiger charge is 2.81. The summed E-state index contributed by atoms with van der Waals surface area (Å²) in [6, 6.07) is 18.6. The standard InChI is InChI=1S/C53H70O14/c1-32-47(56)39(60-6)29-46(62-32)67-48-33(2)63-45(30-40(48)61-7)65-38-23-24-49(4)37(28-38)22-25-52(58)41(49)31-42(66-44(55)21-19-36-16-12-9-13-17-36)50(5)51(57,26-27-53(50,52)59)34(3)64-43(54)20-18-35-14-10-8-11-15-35/h8-22,32-34,38-42,45-48,56-59H,23-31H2,1-7H3/t32-,33-,34+,38+,39-,40-,41-,42-,45+,46+,47+,48+,49+,50-,51-,52+,53-/m1/s1. The van der Waals surface area contributed by atoms with Gasteiger partial charge in [0.05, 0.1) is 35.9 Å². The van der Waals surface area contributed by atoms with Crippen molar-refractivity contribution in [1.82, 2.24) is 0 Å². The number of aliphatic hydroxyl groups is 4. The van der Waals surface area contributed by atoms with Crippen molar-refractivity contribution in [2.75, 3.05) is 14.2 Å². The highest BCUT2D eigenvalue weighted by atomic mass is 16.7. The molecule has 14 nitrogen and oxygen atoms in total. The maximum atomic E-state index is 13.9. The molecule has 4 aliphatic carbocycles. The van der Waals surface area contributed by atoms with Crippen LogP contribution in [0.3, 0.4) is 0 Å². The van der Waals surface area contributed by atoms with Gasteiger partial charge in [-0.1, -0.05) is 86.2 Å². The maximum absolute atomic E-state index is 13.9. The smallest absolute Gasteiger partial charge is 0.331 e. The number of aliphatic hydroxyl groups excluding tert-OH is 1. The van der Waals surface area contributed by atoms with Crippen LogP contribution in [-0.2, 0) is 47.5 Å². The van der Waals surface area contributed by atoms with Crippen molar-refractivity contribution in [3.63, 3.8) is 0 Å². The second-order valence-corrected chi connectivity index (χ2v) is 20.2. The average molecular weight is 931 g/mol. The molecule has 67 heavy (non-hydrogen) atoms. The Balaban J connectivity index is 1.01. The molecule has 5 fully saturated rings. The van der Waals surface area contributed by atoms with Gasteiger partial charge in [0.1, 0.15) is 41.2 Å². The summed E-state index contributed by atoms with van der Waals surface area (Å²) in [7, 11) is 3.20. The Hall–Kier alpha value is -3.80. The third kappa shape index (κ3) is 9.01. The Labute approximate surface area is 394 Å². The quantitative estimate of drug-likeness (QED) is 0.101. The van der Waals surface area contributed by atoms with Gasteiger partial charge in [-0.25, -0.2) is 9.59 Å². The van der Waals surface area contributed by atoms with Crippen LogP contribution in [-0.4, -0.2) is 131 Å². The third-order valence-electron chi connectivity index (χ3n) is 16.8. The summed E-state index contributed by atoms with van der Waals surface area (Å²) in [4.78, 5) is 27.2. The van der Waals surface area contributed by atoms with Crippen molar-refractivity contribution in [2.24, 2.45) is 16.7 Å². The van der Waals surface area contributed by atoms with Crippen LogP contribution in [0.5, 0.6) is 0 Å². The van der Waals surface area contributed by atoms with E-state index < -0.39 is 101 Å². The van der Waals surface area contributed by atoms with Crippen LogP contribution in [0.25, 0.3) is 12.2 Å². The molecule has 0 aromatic heterocycles. The third-order valence-corrected chi connectivity index (χ3v) is 16.8. The van der Waals surface area contributed by atoms with Crippen molar-refractivity contribution in [3.05, 3.63) is 95.6 Å². The number of fused-ring (bicyclic) bond motifs is 5. The minimum absolute atomic E-state index is 0.0270. The predicted octanol–water partition coefficient (Wildman–Crippen LogP) is 6.22. The van der Waals surface area contributed by atoms with Gasteiger partial charge in [-0.3, -0.25) is 0 Å². The number of carbonyl (C=O) groups excluding carboxylic acids is 2. The monoisotopic (exact) mass is 930 g/mol. The van der Waals surface area contributed by atoms with E-state index in [0.29, 0.717) is 32.1 Å². The van der Waals surface area contributed by atoms with Crippen molar-refractivity contribution in [1.29, 1.82) is 0 Å². The molecule has 0 radical (unpaired) electrons. The molecule has 0 unspecified atom stereocenters. The van der Waals surface area contributed by atoms with Crippen molar-refractivity contribution >= 4 is 24.1 Å². The first kappa shape index (κ1) is 49.6. The molecule has 8 rings (SSSR count). The molecule has 0 bridgehead atoms. The summed E-state index contributed by atoms with van der Waals surface area (Å²) in [6.07, 6.45) is 4.07. The number of hydrogen-bond acceptors (Lipinski definition) is 14. The average Bonchev–Trinajstić information content (AvgIpc) is 3.55. The lowest BCUT2D eigenvalue weighted by molar-refractivity contribution is -0.328. The molecule has 2 aromatic carbocycles. The van der Waals surface area contributed by atoms with Crippen LogP contribution >= 0.6 is 0 Å². The van der Waals surface area contributed by atoms with Crippen molar-refractivity contribution < 1.29 is 67.9 Å². The lowest BCUT2D eigenvalue weighted by Crippen LogP contribution is -2.78. The summed E-state index contributed by atoms with van der Waals surface area (Å²) in [5.74, 6) is -1.93. The summed E-state index contributed by atoms with van der Waals surface area (Å²) in [5.41, 5.74) is -5.31. The van der Waals surface area contributed by atoms with Crippen molar-refractivity contribution in [2.45, 2.75) is 177 Å². The van der Waals surface area contributed by atoms with Gasteiger partial charge in [0, 0.05) is 45.1 Å². The lowest BCUT2D eigenvalue weighted by Gasteiger charge is -2.67. The Morgan fingerprint density at radius 2 is 1.37 bits per heavy atom. The van der Waals surface area contributed by atoms with E-state index in [9.17, 15) is 30.0 Å². The van der Waals surface area contributed by atoms with Gasteiger partial charge in [-0.15, -0.1) is 0 Å². The Bertz CT molecular complexity index is 2150. The van der Waals surface area contributed by atoms with E-state index >= 15 is 0 Å². The largest absolute Gasteiger partial charge is 0.458 e. The molecule has 0 amide bonds. The van der Waals surface area contributed by atoms with E-state index in [1.54, 1.807) is 47.1 Å². The first-order chi connectivity index (χ1) is 31.9. The number of esters is 2. The van der Waals surface area contributed by atoms with E-state index in [1.807, 2.05) is 73.7 Å². The molecule has 0 spiro atoms. The Morgan fingerprint density at radius 1 is 0.776 bits per heavy atom. The molecule has 17 atom stereocenters. The minimum Gasteiger partial charge on any atom is -0.458 e. The summed E-state index contributed by atoms with van der Waals surface area (Å²) >= 11 is 0. The van der Waals surface area contributed by atoms with E-state index in [0.717, 1.165) is 16.7 Å². The number of methoxy groups -OCH3 is 2. The molecule has 2 aliphatic heterocycles. The fourth-order valence-electron chi connectivity index (χ4n) is 12.8. The van der Waals surface area contributed by atoms with Gasteiger partial charge in [0.25, 0.3) is 0 Å². The second-order valence-electron chi connectivity index (χ2n) is 20.2. The van der Waals surface area contributed by atoms with Crippen LogP contribution in [0.2, 0.25) is 0 Å². The zero-order valence-corrected chi connectivity index (χ0v) is 39.8. The summed E-state index contributed by atoms with van der Waals surface area (Å²) in [5, 5.41) is 49.9. The van der Waals surface area contributed by atoms with Gasteiger partial charge < -0.3 is 58.3 Å². The number of hydrogen-bond donors (Lipinski definition) is 4. The zero-order valence-electron chi connectivity index (χ0n) is 39.8. The van der Waals surface area contributed by atoms with Crippen LogP contribution in [0.4, 0.5) is 0 Å². The zero-order chi connectivity index (χ0) is 47.9. The van der Waals surface area contributed by atoms with Gasteiger partial charge in [0.15, 0.2) is 12.6 Å². The second kappa shape index (κ2) is 19.5.